The Labute approximate surface area is 103 Å². The maximum atomic E-state index is 4.49. The van der Waals surface area contributed by atoms with E-state index < -0.39 is 0 Å². The van der Waals surface area contributed by atoms with E-state index in [4.69, 9.17) is 0 Å². The Balaban J connectivity index is 2.18. The van der Waals surface area contributed by atoms with E-state index in [-0.39, 0.29) is 0 Å². The molecular weight excluding hydrogens is 208 g/mol. The Morgan fingerprint density at radius 3 is 2.82 bits per heavy atom. The van der Waals surface area contributed by atoms with Gasteiger partial charge in [-0.1, -0.05) is 37.6 Å². The Bertz CT molecular complexity index is 474. The highest BCUT2D eigenvalue weighted by molar-refractivity contribution is 5.81. The zero-order valence-electron chi connectivity index (χ0n) is 10.7. The van der Waals surface area contributed by atoms with Crippen LogP contribution in [0.25, 0.3) is 10.9 Å². The SMILES string of the molecule is CCCCN(C)Cc1cccc2cccnc12. The summed E-state index contributed by atoms with van der Waals surface area (Å²) in [6.07, 6.45) is 4.38. The number of pyridine rings is 1. The molecule has 0 bridgehead atoms. The third kappa shape index (κ3) is 3.04. The largest absolute Gasteiger partial charge is 0.302 e. The topological polar surface area (TPSA) is 16.1 Å². The van der Waals surface area contributed by atoms with Crippen LogP contribution in [0.5, 0.6) is 0 Å². The number of benzene rings is 1. The van der Waals surface area contributed by atoms with Gasteiger partial charge in [-0.15, -0.1) is 0 Å². The first-order chi connectivity index (χ1) is 8.31. The molecule has 0 saturated carbocycles. The van der Waals surface area contributed by atoms with E-state index in [0.717, 1.165) is 18.6 Å². The van der Waals surface area contributed by atoms with Crippen molar-refractivity contribution >= 4 is 10.9 Å². The van der Waals surface area contributed by atoms with Crippen molar-refractivity contribution in [3.8, 4) is 0 Å². The van der Waals surface area contributed by atoms with Crippen molar-refractivity contribution in [2.75, 3.05) is 13.6 Å². The van der Waals surface area contributed by atoms with Gasteiger partial charge >= 0.3 is 0 Å². The highest BCUT2D eigenvalue weighted by Gasteiger charge is 2.04. The van der Waals surface area contributed by atoms with Crippen molar-refractivity contribution in [3.63, 3.8) is 0 Å². The van der Waals surface area contributed by atoms with Crippen LogP contribution in [0.3, 0.4) is 0 Å². The summed E-state index contributed by atoms with van der Waals surface area (Å²) in [7, 11) is 2.18. The summed E-state index contributed by atoms with van der Waals surface area (Å²) in [6, 6.07) is 10.5. The first-order valence-electron chi connectivity index (χ1n) is 6.32. The fourth-order valence-corrected chi connectivity index (χ4v) is 2.09. The predicted molar refractivity (Wildman–Crippen MR) is 73.0 cm³/mol. The lowest BCUT2D eigenvalue weighted by atomic mass is 10.1. The standard InChI is InChI=1S/C15H20N2/c1-3-4-11-17(2)12-14-8-5-7-13-9-6-10-16-15(13)14/h5-10H,3-4,11-12H2,1-2H3. The average molecular weight is 228 g/mol. The van der Waals surface area contributed by atoms with Crippen molar-refractivity contribution in [2.24, 2.45) is 0 Å². The third-order valence-corrected chi connectivity index (χ3v) is 3.05. The van der Waals surface area contributed by atoms with Gasteiger partial charge in [0.25, 0.3) is 0 Å². The van der Waals surface area contributed by atoms with Gasteiger partial charge in [-0.05, 0) is 31.6 Å². The number of rotatable bonds is 5. The van der Waals surface area contributed by atoms with Crippen LogP contribution < -0.4 is 0 Å². The molecule has 0 atom stereocenters. The van der Waals surface area contributed by atoms with Crippen LogP contribution in [-0.2, 0) is 6.54 Å². The van der Waals surface area contributed by atoms with Crippen LogP contribution in [0.1, 0.15) is 25.3 Å². The second kappa shape index (κ2) is 5.78. The maximum absolute atomic E-state index is 4.49. The Hall–Kier alpha value is -1.41. The molecule has 0 radical (unpaired) electrons. The number of fused-ring (bicyclic) bond motifs is 1. The van der Waals surface area contributed by atoms with Gasteiger partial charge in [0.1, 0.15) is 0 Å². The zero-order valence-corrected chi connectivity index (χ0v) is 10.7. The molecule has 2 aromatic rings. The molecule has 0 aliphatic heterocycles. The quantitative estimate of drug-likeness (QED) is 0.779. The second-order valence-electron chi connectivity index (χ2n) is 4.58. The van der Waals surface area contributed by atoms with E-state index in [1.807, 2.05) is 12.3 Å². The van der Waals surface area contributed by atoms with E-state index in [0.29, 0.717) is 0 Å². The molecule has 90 valence electrons. The first-order valence-corrected chi connectivity index (χ1v) is 6.32. The minimum Gasteiger partial charge on any atom is -0.302 e. The molecule has 0 unspecified atom stereocenters. The third-order valence-electron chi connectivity index (χ3n) is 3.05. The highest BCUT2D eigenvalue weighted by atomic mass is 15.1. The number of aromatic nitrogens is 1. The molecule has 2 heteroatoms. The van der Waals surface area contributed by atoms with Gasteiger partial charge in [-0.2, -0.15) is 0 Å². The number of para-hydroxylation sites is 1. The number of hydrogen-bond acceptors (Lipinski definition) is 2. The molecular formula is C15H20N2. The molecule has 2 rings (SSSR count). The van der Waals surface area contributed by atoms with Gasteiger partial charge in [0.15, 0.2) is 0 Å². The van der Waals surface area contributed by atoms with Crippen LogP contribution in [-0.4, -0.2) is 23.5 Å². The summed E-state index contributed by atoms with van der Waals surface area (Å²) in [6.45, 7) is 4.36. The van der Waals surface area contributed by atoms with Gasteiger partial charge in [-0.3, -0.25) is 4.98 Å². The van der Waals surface area contributed by atoms with Crippen LogP contribution in [0, 0.1) is 0 Å². The van der Waals surface area contributed by atoms with Crippen molar-refractivity contribution in [3.05, 3.63) is 42.1 Å². The van der Waals surface area contributed by atoms with Crippen molar-refractivity contribution in [2.45, 2.75) is 26.3 Å². The van der Waals surface area contributed by atoms with Crippen LogP contribution >= 0.6 is 0 Å². The summed E-state index contributed by atoms with van der Waals surface area (Å²) >= 11 is 0. The summed E-state index contributed by atoms with van der Waals surface area (Å²) in [4.78, 5) is 6.86. The van der Waals surface area contributed by atoms with E-state index >= 15 is 0 Å². The monoisotopic (exact) mass is 228 g/mol. The van der Waals surface area contributed by atoms with Crippen LogP contribution in [0.2, 0.25) is 0 Å². The molecule has 0 saturated heterocycles. The lowest BCUT2D eigenvalue weighted by molar-refractivity contribution is 0.322. The minimum atomic E-state index is 0.981. The first kappa shape index (κ1) is 12.1. The number of hydrogen-bond donors (Lipinski definition) is 0. The number of unbranched alkanes of at least 4 members (excludes halogenated alkanes) is 1. The summed E-state index contributed by atoms with van der Waals surface area (Å²) in [5, 5.41) is 1.23. The fourth-order valence-electron chi connectivity index (χ4n) is 2.09. The predicted octanol–water partition coefficient (Wildman–Crippen LogP) is 3.47. The minimum absolute atomic E-state index is 0.981. The summed E-state index contributed by atoms with van der Waals surface area (Å²) < 4.78 is 0. The van der Waals surface area contributed by atoms with Gasteiger partial charge in [0, 0.05) is 18.1 Å². The van der Waals surface area contributed by atoms with E-state index in [1.54, 1.807) is 0 Å². The maximum Gasteiger partial charge on any atom is 0.0746 e. The normalized spacial score (nSPS) is 11.2. The fraction of sp³-hybridized carbons (Fsp3) is 0.400. The Morgan fingerprint density at radius 1 is 1.18 bits per heavy atom. The smallest absolute Gasteiger partial charge is 0.0746 e. The lowest BCUT2D eigenvalue weighted by Crippen LogP contribution is -2.19. The van der Waals surface area contributed by atoms with Crippen molar-refractivity contribution in [1.29, 1.82) is 0 Å². The van der Waals surface area contributed by atoms with Gasteiger partial charge in [0.2, 0.25) is 0 Å². The molecule has 1 aromatic carbocycles. The molecule has 1 heterocycles. The van der Waals surface area contributed by atoms with Gasteiger partial charge in [0.05, 0.1) is 5.52 Å². The molecule has 0 aliphatic carbocycles. The molecule has 0 aliphatic rings. The zero-order chi connectivity index (χ0) is 12.1. The Morgan fingerprint density at radius 2 is 2.00 bits per heavy atom. The molecule has 1 aromatic heterocycles. The Kier molecular flexibility index (Phi) is 4.10. The summed E-state index contributed by atoms with van der Waals surface area (Å²) in [5.74, 6) is 0. The number of nitrogens with zero attached hydrogens (tertiary/aromatic N) is 2. The van der Waals surface area contributed by atoms with E-state index in [1.165, 1.54) is 23.8 Å². The van der Waals surface area contributed by atoms with Gasteiger partial charge < -0.3 is 4.90 Å². The molecule has 17 heavy (non-hydrogen) atoms. The van der Waals surface area contributed by atoms with Gasteiger partial charge in [-0.25, -0.2) is 0 Å². The molecule has 0 spiro atoms. The molecule has 0 amide bonds. The molecule has 2 nitrogen and oxygen atoms in total. The van der Waals surface area contributed by atoms with Crippen LogP contribution in [0.4, 0.5) is 0 Å². The van der Waals surface area contributed by atoms with E-state index in [9.17, 15) is 0 Å². The van der Waals surface area contributed by atoms with Crippen LogP contribution in [0.15, 0.2) is 36.5 Å². The van der Waals surface area contributed by atoms with Crippen molar-refractivity contribution < 1.29 is 0 Å². The van der Waals surface area contributed by atoms with E-state index in [2.05, 4.69) is 48.1 Å². The molecule has 0 N–H and O–H groups in total. The van der Waals surface area contributed by atoms with Crippen molar-refractivity contribution in [1.82, 2.24) is 9.88 Å². The second-order valence-corrected chi connectivity index (χ2v) is 4.58. The highest BCUT2D eigenvalue weighted by Crippen LogP contribution is 2.17. The lowest BCUT2D eigenvalue weighted by Gasteiger charge is -2.17. The summed E-state index contributed by atoms with van der Waals surface area (Å²) in [5.41, 5.74) is 2.46. The average Bonchev–Trinajstić information content (AvgIpc) is 2.37. The molecule has 0 fully saturated rings.